The molecule has 5 nitrogen and oxygen atoms in total. The molecule has 0 aliphatic heterocycles. The Morgan fingerprint density at radius 1 is 1.35 bits per heavy atom. The molecule has 112 valence electrons. The fourth-order valence-corrected chi connectivity index (χ4v) is 2.86. The molecule has 0 amide bonds. The average Bonchev–Trinajstić information content (AvgIpc) is 2.35. The van der Waals surface area contributed by atoms with Crippen LogP contribution in [0.2, 0.25) is 10.0 Å². The number of carbonyl (C=O) groups is 1. The van der Waals surface area contributed by atoms with Crippen LogP contribution in [-0.2, 0) is 9.84 Å². The minimum absolute atomic E-state index is 0.00235. The van der Waals surface area contributed by atoms with Crippen LogP contribution in [0.15, 0.2) is 12.1 Å². The molecular formula is C12H14Cl2O5S. The second-order valence-corrected chi connectivity index (χ2v) is 7.32. The van der Waals surface area contributed by atoms with E-state index in [1.165, 1.54) is 12.1 Å². The molecule has 0 aliphatic carbocycles. The first-order valence-electron chi connectivity index (χ1n) is 5.82. The van der Waals surface area contributed by atoms with Crippen molar-refractivity contribution >= 4 is 39.0 Å². The van der Waals surface area contributed by atoms with Gasteiger partial charge in [-0.1, -0.05) is 30.1 Å². The van der Waals surface area contributed by atoms with E-state index in [9.17, 15) is 13.2 Å². The number of hydrogen-bond acceptors (Lipinski definition) is 4. The van der Waals surface area contributed by atoms with Crippen molar-refractivity contribution < 1.29 is 23.1 Å². The molecule has 0 heterocycles. The van der Waals surface area contributed by atoms with Gasteiger partial charge in [0.15, 0.2) is 5.75 Å². The number of benzene rings is 1. The van der Waals surface area contributed by atoms with Crippen molar-refractivity contribution in [3.05, 3.63) is 27.7 Å². The fraction of sp³-hybridized carbons (Fsp3) is 0.417. The minimum Gasteiger partial charge on any atom is -0.491 e. The first-order chi connectivity index (χ1) is 9.26. The van der Waals surface area contributed by atoms with Crippen molar-refractivity contribution in [2.75, 3.05) is 18.1 Å². The highest BCUT2D eigenvalue weighted by molar-refractivity contribution is 7.91. The predicted octanol–water partition coefficient (Wildman–Crippen LogP) is 2.90. The van der Waals surface area contributed by atoms with E-state index >= 15 is 0 Å². The molecule has 0 atom stereocenters. The number of ether oxygens (including phenoxy) is 1. The molecule has 20 heavy (non-hydrogen) atoms. The van der Waals surface area contributed by atoms with Crippen molar-refractivity contribution in [3.63, 3.8) is 0 Å². The molecule has 0 unspecified atom stereocenters. The SMILES string of the molecule is CCS(=O)(=O)CCCOc1c(Cl)cc(Cl)cc1C(=O)O. The largest absolute Gasteiger partial charge is 0.491 e. The fourth-order valence-electron chi connectivity index (χ4n) is 1.46. The summed E-state index contributed by atoms with van der Waals surface area (Å²) < 4.78 is 27.9. The number of rotatable bonds is 7. The van der Waals surface area contributed by atoms with E-state index in [-0.39, 0.29) is 45.9 Å². The van der Waals surface area contributed by atoms with Gasteiger partial charge in [0.25, 0.3) is 0 Å². The Labute approximate surface area is 127 Å². The third kappa shape index (κ3) is 4.85. The van der Waals surface area contributed by atoms with Crippen LogP contribution in [0.5, 0.6) is 5.75 Å². The van der Waals surface area contributed by atoms with Crippen molar-refractivity contribution in [2.24, 2.45) is 0 Å². The Hall–Kier alpha value is -0.980. The summed E-state index contributed by atoms with van der Waals surface area (Å²) in [5.74, 6) is -1.17. The average molecular weight is 341 g/mol. The zero-order valence-electron chi connectivity index (χ0n) is 10.7. The van der Waals surface area contributed by atoms with E-state index in [4.69, 9.17) is 33.0 Å². The Morgan fingerprint density at radius 2 is 2.00 bits per heavy atom. The summed E-state index contributed by atoms with van der Waals surface area (Å²) in [6.45, 7) is 1.62. The first-order valence-corrected chi connectivity index (χ1v) is 8.40. The lowest BCUT2D eigenvalue weighted by Gasteiger charge is -2.11. The highest BCUT2D eigenvalue weighted by Crippen LogP contribution is 2.32. The van der Waals surface area contributed by atoms with Gasteiger partial charge in [-0.2, -0.15) is 0 Å². The second kappa shape index (κ2) is 7.15. The van der Waals surface area contributed by atoms with Gasteiger partial charge in [0.2, 0.25) is 0 Å². The molecule has 1 aromatic carbocycles. The summed E-state index contributed by atoms with van der Waals surface area (Å²) in [5.41, 5.74) is -0.152. The van der Waals surface area contributed by atoms with Crippen LogP contribution in [0.3, 0.4) is 0 Å². The summed E-state index contributed by atoms with van der Waals surface area (Å²) in [6, 6.07) is 2.60. The van der Waals surface area contributed by atoms with E-state index in [1.54, 1.807) is 6.92 Å². The molecule has 1 aromatic rings. The van der Waals surface area contributed by atoms with Gasteiger partial charge in [0.1, 0.15) is 15.4 Å². The van der Waals surface area contributed by atoms with Gasteiger partial charge in [-0.3, -0.25) is 0 Å². The molecule has 0 saturated carbocycles. The van der Waals surface area contributed by atoms with Gasteiger partial charge < -0.3 is 9.84 Å². The zero-order valence-corrected chi connectivity index (χ0v) is 13.1. The Balaban J connectivity index is 2.76. The summed E-state index contributed by atoms with van der Waals surface area (Å²) in [5, 5.41) is 9.31. The van der Waals surface area contributed by atoms with E-state index in [0.717, 1.165) is 0 Å². The summed E-state index contributed by atoms with van der Waals surface area (Å²) in [6.07, 6.45) is 0.258. The number of carboxylic acid groups (broad SMARTS) is 1. The molecule has 0 aromatic heterocycles. The highest BCUT2D eigenvalue weighted by Gasteiger charge is 2.17. The minimum atomic E-state index is -3.07. The molecule has 0 spiro atoms. The maximum absolute atomic E-state index is 11.3. The third-order valence-corrected chi connectivity index (χ3v) is 4.81. The monoisotopic (exact) mass is 340 g/mol. The smallest absolute Gasteiger partial charge is 0.339 e. The van der Waals surface area contributed by atoms with Crippen molar-refractivity contribution in [1.29, 1.82) is 0 Å². The van der Waals surface area contributed by atoms with E-state index in [2.05, 4.69) is 0 Å². The zero-order chi connectivity index (χ0) is 15.3. The van der Waals surface area contributed by atoms with Crippen LogP contribution in [0, 0.1) is 0 Å². The molecule has 0 saturated heterocycles. The first kappa shape index (κ1) is 17.1. The van der Waals surface area contributed by atoms with E-state index in [1.807, 2.05) is 0 Å². The van der Waals surface area contributed by atoms with Crippen LogP contribution in [0.4, 0.5) is 0 Å². The Bertz CT molecular complexity index is 598. The molecule has 0 aliphatic rings. The number of carboxylic acids is 1. The van der Waals surface area contributed by atoms with Crippen LogP contribution < -0.4 is 4.74 Å². The standard InChI is InChI=1S/C12H14Cl2O5S/c1-2-20(17,18)5-3-4-19-11-9(12(15)16)6-8(13)7-10(11)14/h6-7H,2-5H2,1H3,(H,15,16). The number of hydrogen-bond donors (Lipinski definition) is 1. The quantitative estimate of drug-likeness (QED) is 0.772. The summed E-state index contributed by atoms with van der Waals surface area (Å²) in [4.78, 5) is 11.1. The van der Waals surface area contributed by atoms with Gasteiger partial charge in [-0.05, 0) is 18.6 Å². The van der Waals surface area contributed by atoms with E-state index in [0.29, 0.717) is 0 Å². The lowest BCUT2D eigenvalue weighted by Crippen LogP contribution is -2.13. The van der Waals surface area contributed by atoms with Crippen molar-refractivity contribution in [1.82, 2.24) is 0 Å². The van der Waals surface area contributed by atoms with Gasteiger partial charge in [0.05, 0.1) is 17.4 Å². The summed E-state index contributed by atoms with van der Waals surface area (Å²) in [7, 11) is -3.07. The molecule has 0 radical (unpaired) electrons. The number of halogens is 2. The Morgan fingerprint density at radius 3 is 2.55 bits per heavy atom. The van der Waals surface area contributed by atoms with Gasteiger partial charge in [0, 0.05) is 10.8 Å². The number of sulfone groups is 1. The molecule has 0 fully saturated rings. The molecule has 8 heteroatoms. The van der Waals surface area contributed by atoms with Gasteiger partial charge in [-0.25, -0.2) is 13.2 Å². The molecule has 0 bridgehead atoms. The number of aromatic carboxylic acids is 1. The second-order valence-electron chi connectivity index (χ2n) is 4.01. The normalized spacial score (nSPS) is 11.3. The maximum atomic E-state index is 11.3. The Kier molecular flexibility index (Phi) is 6.10. The molecular weight excluding hydrogens is 327 g/mol. The van der Waals surface area contributed by atoms with E-state index < -0.39 is 15.8 Å². The highest BCUT2D eigenvalue weighted by atomic mass is 35.5. The summed E-state index contributed by atoms with van der Waals surface area (Å²) >= 11 is 11.6. The lowest BCUT2D eigenvalue weighted by molar-refractivity contribution is 0.0692. The van der Waals surface area contributed by atoms with Crippen molar-refractivity contribution in [2.45, 2.75) is 13.3 Å². The maximum Gasteiger partial charge on any atom is 0.339 e. The van der Waals surface area contributed by atoms with Gasteiger partial charge >= 0.3 is 5.97 Å². The third-order valence-electron chi connectivity index (χ3n) is 2.52. The van der Waals surface area contributed by atoms with Crippen LogP contribution in [0.25, 0.3) is 0 Å². The lowest BCUT2D eigenvalue weighted by atomic mass is 10.2. The van der Waals surface area contributed by atoms with Crippen LogP contribution in [-0.4, -0.2) is 37.6 Å². The molecule has 1 rings (SSSR count). The predicted molar refractivity (Wildman–Crippen MR) is 77.9 cm³/mol. The van der Waals surface area contributed by atoms with Crippen LogP contribution in [0.1, 0.15) is 23.7 Å². The van der Waals surface area contributed by atoms with Gasteiger partial charge in [-0.15, -0.1) is 0 Å². The van der Waals surface area contributed by atoms with Crippen molar-refractivity contribution in [3.8, 4) is 5.75 Å². The topological polar surface area (TPSA) is 80.7 Å². The van der Waals surface area contributed by atoms with Crippen LogP contribution >= 0.6 is 23.2 Å². The molecule has 1 N–H and O–H groups in total.